The molecule has 1 saturated carbocycles. The Morgan fingerprint density at radius 2 is 2.05 bits per heavy atom. The van der Waals surface area contributed by atoms with E-state index in [0.717, 1.165) is 12.8 Å². The zero-order chi connectivity index (χ0) is 15.3. The summed E-state index contributed by atoms with van der Waals surface area (Å²) in [5.41, 5.74) is 0.448. The molecular weight excluding hydrogens is 288 g/mol. The van der Waals surface area contributed by atoms with E-state index in [-0.39, 0.29) is 16.8 Å². The second-order valence-corrected chi connectivity index (χ2v) is 6.51. The Bertz CT molecular complexity index is 674. The van der Waals surface area contributed by atoms with Crippen molar-refractivity contribution in [3.63, 3.8) is 0 Å². The summed E-state index contributed by atoms with van der Waals surface area (Å²) in [5, 5.41) is 2.63. The van der Waals surface area contributed by atoms with E-state index in [9.17, 15) is 13.2 Å². The van der Waals surface area contributed by atoms with Gasteiger partial charge in [0.05, 0.1) is 4.90 Å². The Balaban J connectivity index is 2.08. The van der Waals surface area contributed by atoms with E-state index < -0.39 is 10.0 Å². The summed E-state index contributed by atoms with van der Waals surface area (Å²) in [7, 11) is -3.51. The average Bonchev–Trinajstić information content (AvgIpc) is 3.22. The van der Waals surface area contributed by atoms with Gasteiger partial charge in [0.2, 0.25) is 15.9 Å². The van der Waals surface area contributed by atoms with E-state index in [1.54, 1.807) is 30.4 Å². The van der Waals surface area contributed by atoms with Gasteiger partial charge in [0.25, 0.3) is 0 Å². The van der Waals surface area contributed by atoms with Gasteiger partial charge < -0.3 is 5.32 Å². The molecule has 0 heterocycles. The van der Waals surface area contributed by atoms with Crippen LogP contribution >= 0.6 is 0 Å². The van der Waals surface area contributed by atoms with Crippen LogP contribution in [-0.4, -0.2) is 20.4 Å². The van der Waals surface area contributed by atoms with Crippen molar-refractivity contribution in [3.05, 3.63) is 48.6 Å². The molecule has 2 rings (SSSR count). The molecule has 1 amide bonds. The number of benzene rings is 1. The lowest BCUT2D eigenvalue weighted by Crippen LogP contribution is -2.25. The molecular formula is C15H18N2O3S. The van der Waals surface area contributed by atoms with Gasteiger partial charge in [-0.15, -0.1) is 0 Å². The fourth-order valence-electron chi connectivity index (χ4n) is 1.67. The van der Waals surface area contributed by atoms with Gasteiger partial charge >= 0.3 is 0 Å². The zero-order valence-electron chi connectivity index (χ0n) is 11.7. The molecule has 0 aromatic heterocycles. The van der Waals surface area contributed by atoms with E-state index in [4.69, 9.17) is 0 Å². The van der Waals surface area contributed by atoms with Crippen LogP contribution in [0.15, 0.2) is 53.5 Å². The van der Waals surface area contributed by atoms with Crippen LogP contribution in [0, 0.1) is 0 Å². The minimum atomic E-state index is -3.51. The molecule has 0 atom stereocenters. The largest absolute Gasteiger partial charge is 0.322 e. The summed E-state index contributed by atoms with van der Waals surface area (Å²) in [6, 6.07) is 6.27. The first kappa shape index (κ1) is 15.5. The topological polar surface area (TPSA) is 75.3 Å². The van der Waals surface area contributed by atoms with Crippen molar-refractivity contribution in [1.29, 1.82) is 0 Å². The van der Waals surface area contributed by atoms with Gasteiger partial charge in [-0.25, -0.2) is 13.1 Å². The van der Waals surface area contributed by atoms with Gasteiger partial charge in [0.1, 0.15) is 0 Å². The molecule has 0 saturated heterocycles. The molecule has 112 valence electrons. The van der Waals surface area contributed by atoms with Crippen LogP contribution in [0.4, 0.5) is 5.69 Å². The third-order valence-corrected chi connectivity index (χ3v) is 4.38. The van der Waals surface area contributed by atoms with Gasteiger partial charge in [-0.2, -0.15) is 0 Å². The molecule has 1 aliphatic carbocycles. The Morgan fingerprint density at radius 1 is 1.29 bits per heavy atom. The number of allylic oxidation sites excluding steroid dienone is 3. The molecule has 0 unspecified atom stereocenters. The molecule has 6 heteroatoms. The van der Waals surface area contributed by atoms with E-state index in [2.05, 4.69) is 10.0 Å². The van der Waals surface area contributed by atoms with Gasteiger partial charge in [-0.1, -0.05) is 24.3 Å². The highest BCUT2D eigenvalue weighted by Crippen LogP contribution is 2.23. The second-order valence-electron chi connectivity index (χ2n) is 4.80. The lowest BCUT2D eigenvalue weighted by Gasteiger charge is -2.08. The number of anilines is 1. The molecule has 1 aliphatic rings. The molecule has 5 nitrogen and oxygen atoms in total. The molecule has 0 bridgehead atoms. The number of hydrogen-bond acceptors (Lipinski definition) is 3. The van der Waals surface area contributed by atoms with Gasteiger partial charge in [0.15, 0.2) is 0 Å². The number of amides is 1. The van der Waals surface area contributed by atoms with Crippen molar-refractivity contribution in [2.75, 3.05) is 5.32 Å². The first-order chi connectivity index (χ1) is 10.0. The first-order valence-electron chi connectivity index (χ1n) is 6.74. The van der Waals surface area contributed by atoms with Crippen LogP contribution in [0.25, 0.3) is 0 Å². The minimum absolute atomic E-state index is 0.0528. The van der Waals surface area contributed by atoms with Crippen LogP contribution in [0.5, 0.6) is 0 Å². The molecule has 2 N–H and O–H groups in total. The molecule has 0 radical (unpaired) electrons. The quantitative estimate of drug-likeness (QED) is 0.625. The van der Waals surface area contributed by atoms with Gasteiger partial charge in [-0.05, 0) is 38.0 Å². The monoisotopic (exact) mass is 306 g/mol. The molecule has 21 heavy (non-hydrogen) atoms. The number of rotatable bonds is 6. The predicted molar refractivity (Wildman–Crippen MR) is 82.4 cm³/mol. The number of sulfonamides is 1. The molecule has 0 spiro atoms. The summed E-state index contributed by atoms with van der Waals surface area (Å²) in [5.74, 6) is -0.308. The smallest absolute Gasteiger partial charge is 0.248 e. The highest BCUT2D eigenvalue weighted by atomic mass is 32.2. The first-order valence-corrected chi connectivity index (χ1v) is 8.22. The minimum Gasteiger partial charge on any atom is -0.322 e. The maximum atomic E-state index is 12.1. The van der Waals surface area contributed by atoms with Crippen LogP contribution in [0.3, 0.4) is 0 Å². The Hall–Kier alpha value is -1.92. The van der Waals surface area contributed by atoms with E-state index in [1.165, 1.54) is 18.2 Å². The highest BCUT2D eigenvalue weighted by Gasteiger charge is 2.27. The van der Waals surface area contributed by atoms with Crippen molar-refractivity contribution < 1.29 is 13.2 Å². The van der Waals surface area contributed by atoms with E-state index in [0.29, 0.717) is 5.69 Å². The summed E-state index contributed by atoms with van der Waals surface area (Å²) in [4.78, 5) is 11.8. The molecule has 1 aromatic rings. The average molecular weight is 306 g/mol. The molecule has 0 aliphatic heterocycles. The standard InChI is InChI=1S/C15H18N2O3S/c1-2-3-4-8-15(18)16-13-6-5-7-14(11-13)21(19,20)17-12-9-10-12/h2-8,11-12,17H,9-10H2,1H3,(H,16,18)/b3-2+,8-4+. The maximum Gasteiger partial charge on any atom is 0.248 e. The van der Waals surface area contributed by atoms with Crippen molar-refractivity contribution in [2.24, 2.45) is 0 Å². The lowest BCUT2D eigenvalue weighted by molar-refractivity contribution is -0.111. The Kier molecular flexibility index (Phi) is 4.93. The Morgan fingerprint density at radius 3 is 2.71 bits per heavy atom. The number of hydrogen-bond donors (Lipinski definition) is 2. The normalized spacial score (nSPS) is 15.7. The summed E-state index contributed by atoms with van der Waals surface area (Å²) >= 11 is 0. The number of carbonyl (C=O) groups is 1. The highest BCUT2D eigenvalue weighted by molar-refractivity contribution is 7.89. The number of carbonyl (C=O) groups excluding carboxylic acids is 1. The maximum absolute atomic E-state index is 12.1. The van der Waals surface area contributed by atoms with Crippen molar-refractivity contribution >= 4 is 21.6 Å². The van der Waals surface area contributed by atoms with Crippen molar-refractivity contribution in [2.45, 2.75) is 30.7 Å². The second kappa shape index (κ2) is 6.69. The van der Waals surface area contributed by atoms with Crippen molar-refractivity contribution in [1.82, 2.24) is 4.72 Å². The van der Waals surface area contributed by atoms with Crippen LogP contribution in [-0.2, 0) is 14.8 Å². The summed E-state index contributed by atoms with van der Waals surface area (Å²) < 4.78 is 26.8. The predicted octanol–water partition coefficient (Wildman–Crippen LogP) is 2.20. The van der Waals surface area contributed by atoms with Crippen LogP contribution < -0.4 is 10.0 Å². The fourth-order valence-corrected chi connectivity index (χ4v) is 3.02. The SMILES string of the molecule is C/C=C/C=C/C(=O)Nc1cccc(S(=O)(=O)NC2CC2)c1. The van der Waals surface area contributed by atoms with E-state index in [1.807, 2.05) is 6.92 Å². The fraction of sp³-hybridized carbons (Fsp3) is 0.267. The molecule has 1 fully saturated rings. The van der Waals surface area contributed by atoms with Gasteiger partial charge in [0, 0.05) is 17.8 Å². The Labute approximate surface area is 124 Å². The zero-order valence-corrected chi connectivity index (χ0v) is 12.6. The lowest BCUT2D eigenvalue weighted by atomic mass is 10.3. The van der Waals surface area contributed by atoms with Crippen LogP contribution in [0.2, 0.25) is 0 Å². The third-order valence-electron chi connectivity index (χ3n) is 2.86. The summed E-state index contributed by atoms with van der Waals surface area (Å²) in [6.45, 7) is 1.85. The van der Waals surface area contributed by atoms with Crippen molar-refractivity contribution in [3.8, 4) is 0 Å². The van der Waals surface area contributed by atoms with E-state index >= 15 is 0 Å². The third kappa shape index (κ3) is 4.84. The summed E-state index contributed by atoms with van der Waals surface area (Å²) in [6.07, 6.45) is 8.30. The van der Waals surface area contributed by atoms with Crippen LogP contribution in [0.1, 0.15) is 19.8 Å². The number of nitrogens with one attached hydrogen (secondary N) is 2. The van der Waals surface area contributed by atoms with Gasteiger partial charge in [-0.3, -0.25) is 4.79 Å². The molecule has 1 aromatic carbocycles.